The van der Waals surface area contributed by atoms with Crippen LogP contribution in [-0.4, -0.2) is 47.8 Å². The van der Waals surface area contributed by atoms with E-state index in [1.54, 1.807) is 29.0 Å². The van der Waals surface area contributed by atoms with E-state index in [-0.39, 0.29) is 17.7 Å². The number of fused-ring (bicyclic) bond motifs is 1. The minimum absolute atomic E-state index is 0.0916. The van der Waals surface area contributed by atoms with Crippen LogP contribution in [0.25, 0.3) is 16.7 Å². The minimum atomic E-state index is -1.43. The molecule has 33 heavy (non-hydrogen) atoms. The van der Waals surface area contributed by atoms with E-state index in [1.807, 2.05) is 0 Å². The summed E-state index contributed by atoms with van der Waals surface area (Å²) in [7, 11) is 0. The highest BCUT2D eigenvalue weighted by Gasteiger charge is 2.13. The number of hydrogen-bond donors (Lipinski definition) is 4. The van der Waals surface area contributed by atoms with Gasteiger partial charge in [-0.3, -0.25) is 10.1 Å². The highest BCUT2D eigenvalue weighted by molar-refractivity contribution is 5.90. The molecule has 12 heteroatoms. The first-order valence-corrected chi connectivity index (χ1v) is 9.38. The molecule has 0 bridgehead atoms. The van der Waals surface area contributed by atoms with Gasteiger partial charge in [-0.1, -0.05) is 0 Å². The highest BCUT2D eigenvalue weighted by atomic mass is 16.5. The summed E-state index contributed by atoms with van der Waals surface area (Å²) in [5.74, 6) is -2.50. The van der Waals surface area contributed by atoms with E-state index < -0.39 is 29.3 Å². The first-order chi connectivity index (χ1) is 15.8. The molecule has 0 radical (unpaired) electrons. The van der Waals surface area contributed by atoms with Gasteiger partial charge in [0.1, 0.15) is 6.61 Å². The number of carbonyl (C=O) groups is 3. The zero-order chi connectivity index (χ0) is 23.5. The Morgan fingerprint density at radius 3 is 2.52 bits per heavy atom. The SMILES string of the molecule is O=C(Nc1ccc(C(=O)O)cc1)OCc1cn(-c2ccc3[nH]c(=O)c(C(=O)O)nc3c2)cn1. The lowest BCUT2D eigenvalue weighted by Crippen LogP contribution is -2.19. The number of carboxylic acids is 2. The Morgan fingerprint density at radius 1 is 1.06 bits per heavy atom. The molecule has 12 nitrogen and oxygen atoms in total. The molecular weight excluding hydrogens is 434 g/mol. The molecule has 2 aromatic heterocycles. The Bertz CT molecular complexity index is 1440. The van der Waals surface area contributed by atoms with Gasteiger partial charge in [0, 0.05) is 17.6 Å². The lowest BCUT2D eigenvalue weighted by Gasteiger charge is -2.06. The maximum Gasteiger partial charge on any atom is 0.412 e. The molecule has 0 aliphatic carbocycles. The quantitative estimate of drug-likeness (QED) is 0.344. The summed E-state index contributed by atoms with van der Waals surface area (Å²) in [5, 5.41) is 20.4. The number of hydrogen-bond acceptors (Lipinski definition) is 7. The van der Waals surface area contributed by atoms with Crippen molar-refractivity contribution >= 4 is 34.8 Å². The molecule has 0 fully saturated rings. The van der Waals surface area contributed by atoms with Gasteiger partial charge in [0.15, 0.2) is 0 Å². The predicted octanol–water partition coefficient (Wildman–Crippen LogP) is 2.25. The number of aromatic nitrogens is 4. The van der Waals surface area contributed by atoms with Gasteiger partial charge < -0.3 is 24.5 Å². The van der Waals surface area contributed by atoms with Crippen molar-refractivity contribution in [3.05, 3.63) is 82.3 Å². The van der Waals surface area contributed by atoms with Gasteiger partial charge in [-0.25, -0.2) is 24.4 Å². The lowest BCUT2D eigenvalue weighted by atomic mass is 10.2. The van der Waals surface area contributed by atoms with Crippen molar-refractivity contribution in [2.75, 3.05) is 5.32 Å². The summed E-state index contributed by atoms with van der Waals surface area (Å²) in [4.78, 5) is 56.2. The van der Waals surface area contributed by atoms with Gasteiger partial charge in [0.05, 0.1) is 28.6 Å². The Morgan fingerprint density at radius 2 is 1.82 bits per heavy atom. The van der Waals surface area contributed by atoms with E-state index in [2.05, 4.69) is 20.3 Å². The molecule has 4 N–H and O–H groups in total. The number of imidazole rings is 1. The number of carbonyl (C=O) groups excluding carboxylic acids is 1. The smallest absolute Gasteiger partial charge is 0.412 e. The number of nitrogens with one attached hydrogen (secondary N) is 2. The Hall–Kier alpha value is -5.00. The molecule has 0 unspecified atom stereocenters. The molecule has 4 aromatic rings. The molecule has 0 atom stereocenters. The molecule has 1 amide bonds. The molecule has 4 rings (SSSR count). The summed E-state index contributed by atoms with van der Waals surface area (Å²) in [6.45, 7) is -0.131. The third-order valence-corrected chi connectivity index (χ3v) is 4.54. The van der Waals surface area contributed by atoms with Crippen molar-refractivity contribution in [3.63, 3.8) is 0 Å². The van der Waals surface area contributed by atoms with Crippen LogP contribution in [0.1, 0.15) is 26.5 Å². The normalized spacial score (nSPS) is 10.7. The van der Waals surface area contributed by atoms with Crippen molar-refractivity contribution in [1.29, 1.82) is 0 Å². The third kappa shape index (κ3) is 4.69. The van der Waals surface area contributed by atoms with Gasteiger partial charge >= 0.3 is 18.0 Å². The van der Waals surface area contributed by atoms with Crippen LogP contribution >= 0.6 is 0 Å². The number of ether oxygens (including phenoxy) is 1. The van der Waals surface area contributed by atoms with E-state index in [9.17, 15) is 19.2 Å². The third-order valence-electron chi connectivity index (χ3n) is 4.54. The van der Waals surface area contributed by atoms with E-state index in [0.29, 0.717) is 22.6 Å². The average molecular weight is 449 g/mol. The second kappa shape index (κ2) is 8.63. The number of aromatic carboxylic acids is 2. The number of rotatable bonds is 6. The topological polar surface area (TPSA) is 176 Å². The second-order valence-electron chi connectivity index (χ2n) is 6.78. The van der Waals surface area contributed by atoms with Crippen molar-refractivity contribution in [1.82, 2.24) is 19.5 Å². The van der Waals surface area contributed by atoms with E-state index >= 15 is 0 Å². The molecular formula is C21H15N5O7. The molecule has 2 heterocycles. The summed E-state index contributed by atoms with van der Waals surface area (Å²) in [5.41, 5.74) is 0.762. The van der Waals surface area contributed by atoms with Crippen LogP contribution in [-0.2, 0) is 11.3 Å². The van der Waals surface area contributed by atoms with Crippen molar-refractivity contribution in [3.8, 4) is 5.69 Å². The molecule has 0 saturated carbocycles. The molecule has 0 aliphatic rings. The maximum atomic E-state index is 12.0. The summed E-state index contributed by atoms with van der Waals surface area (Å²) >= 11 is 0. The molecule has 0 saturated heterocycles. The Kier molecular flexibility index (Phi) is 5.55. The zero-order valence-electron chi connectivity index (χ0n) is 16.7. The van der Waals surface area contributed by atoms with Crippen LogP contribution in [0.4, 0.5) is 10.5 Å². The van der Waals surface area contributed by atoms with Crippen LogP contribution in [0, 0.1) is 0 Å². The van der Waals surface area contributed by atoms with Crippen LogP contribution < -0.4 is 10.9 Å². The number of nitrogens with zero attached hydrogens (tertiary/aromatic N) is 3. The van der Waals surface area contributed by atoms with Gasteiger partial charge in [0.25, 0.3) is 5.56 Å². The molecule has 0 aliphatic heterocycles. The van der Waals surface area contributed by atoms with Crippen LogP contribution in [0.2, 0.25) is 0 Å². The van der Waals surface area contributed by atoms with Gasteiger partial charge in [-0.2, -0.15) is 0 Å². The van der Waals surface area contributed by atoms with E-state index in [0.717, 1.165) is 0 Å². The monoisotopic (exact) mass is 449 g/mol. The number of H-pyrrole nitrogens is 1. The predicted molar refractivity (Wildman–Crippen MR) is 114 cm³/mol. The summed E-state index contributed by atoms with van der Waals surface area (Å²) < 4.78 is 6.74. The van der Waals surface area contributed by atoms with E-state index in [4.69, 9.17) is 14.9 Å². The van der Waals surface area contributed by atoms with Gasteiger partial charge in [-0.15, -0.1) is 0 Å². The standard InChI is InChI=1S/C21H15N5O7/c27-18-17(20(30)31)24-16-7-14(5-6-15(16)25-18)26-8-13(22-10-26)9-33-21(32)23-12-3-1-11(2-4-12)19(28)29/h1-8,10H,9H2,(H,23,32)(H,25,27)(H,28,29)(H,30,31). The fraction of sp³-hybridized carbons (Fsp3) is 0.0476. The fourth-order valence-corrected chi connectivity index (χ4v) is 2.95. The first-order valence-electron chi connectivity index (χ1n) is 9.38. The minimum Gasteiger partial charge on any atom is -0.478 e. The number of carboxylic acid groups (broad SMARTS) is 2. The number of aromatic amines is 1. The second-order valence-corrected chi connectivity index (χ2v) is 6.78. The van der Waals surface area contributed by atoms with Crippen molar-refractivity contribution in [2.24, 2.45) is 0 Å². The molecule has 0 spiro atoms. The Balaban J connectivity index is 1.43. The van der Waals surface area contributed by atoms with Crippen molar-refractivity contribution in [2.45, 2.75) is 6.61 Å². The van der Waals surface area contributed by atoms with E-state index in [1.165, 1.54) is 30.6 Å². The maximum absolute atomic E-state index is 12.0. The van der Waals surface area contributed by atoms with Gasteiger partial charge in [0.2, 0.25) is 5.69 Å². The number of anilines is 1. The van der Waals surface area contributed by atoms with Gasteiger partial charge in [-0.05, 0) is 42.5 Å². The highest BCUT2D eigenvalue weighted by Crippen LogP contribution is 2.16. The fourth-order valence-electron chi connectivity index (χ4n) is 2.95. The van der Waals surface area contributed by atoms with Crippen LogP contribution in [0.3, 0.4) is 0 Å². The molecule has 166 valence electrons. The lowest BCUT2D eigenvalue weighted by molar-refractivity contribution is 0.0681. The molecule has 2 aromatic carbocycles. The average Bonchev–Trinajstić information content (AvgIpc) is 3.26. The summed E-state index contributed by atoms with van der Waals surface area (Å²) in [6.07, 6.45) is 2.35. The number of amides is 1. The van der Waals surface area contributed by atoms with Crippen LogP contribution in [0.15, 0.2) is 59.8 Å². The zero-order valence-corrected chi connectivity index (χ0v) is 16.7. The largest absolute Gasteiger partial charge is 0.478 e. The Labute approximate surface area is 184 Å². The van der Waals surface area contributed by atoms with Crippen LogP contribution in [0.5, 0.6) is 0 Å². The number of benzene rings is 2. The first kappa shape index (κ1) is 21.2. The van der Waals surface area contributed by atoms with Crippen molar-refractivity contribution < 1.29 is 29.3 Å². The summed E-state index contributed by atoms with van der Waals surface area (Å²) in [6, 6.07) is 10.4.